The second-order valence-corrected chi connectivity index (χ2v) is 5.67. The second-order valence-electron chi connectivity index (χ2n) is 4.35. The molecule has 0 spiro atoms. The molecule has 0 radical (unpaired) electrons. The molecule has 0 aliphatic carbocycles. The topological polar surface area (TPSA) is 21.3 Å². The smallest absolute Gasteiger partial charge is 0.198 e. The quantitative estimate of drug-likeness (QED) is 0.766. The Morgan fingerprint density at radius 3 is 2.43 bits per heavy atom. The van der Waals surface area contributed by atoms with Gasteiger partial charge in [0.1, 0.15) is 5.75 Å². The zero-order valence-electron chi connectivity index (χ0n) is 11.2. The van der Waals surface area contributed by atoms with Crippen molar-refractivity contribution < 1.29 is 13.5 Å². The number of hydrogen-bond acceptors (Lipinski definition) is 2. The molecule has 0 bridgehead atoms. The summed E-state index contributed by atoms with van der Waals surface area (Å²) in [6.07, 6.45) is 0. The molecular weight excluding hydrogens is 364 g/mol. The summed E-state index contributed by atoms with van der Waals surface area (Å²) in [7, 11) is 0. The number of halogens is 4. The highest BCUT2D eigenvalue weighted by Crippen LogP contribution is 2.34. The molecule has 0 aromatic heterocycles. The predicted octanol–water partition coefficient (Wildman–Crippen LogP) is 5.28. The van der Waals surface area contributed by atoms with Gasteiger partial charge in [-0.3, -0.25) is 0 Å². The minimum absolute atomic E-state index is 0.192. The monoisotopic (exact) mass is 375 g/mol. The van der Waals surface area contributed by atoms with Crippen LogP contribution in [0.3, 0.4) is 0 Å². The summed E-state index contributed by atoms with van der Waals surface area (Å²) in [6.45, 7) is 3.03. The van der Waals surface area contributed by atoms with E-state index in [2.05, 4.69) is 21.2 Å². The van der Waals surface area contributed by atoms with Crippen LogP contribution in [0.1, 0.15) is 12.5 Å². The zero-order chi connectivity index (χ0) is 15.4. The molecule has 0 amide bonds. The van der Waals surface area contributed by atoms with Crippen molar-refractivity contribution in [2.75, 3.05) is 6.54 Å². The third-order valence-corrected chi connectivity index (χ3v) is 3.53. The molecular formula is C15H13BrClF2NO. The van der Waals surface area contributed by atoms with Crippen LogP contribution in [0.2, 0.25) is 5.02 Å². The maximum Gasteiger partial charge on any atom is 0.198 e. The van der Waals surface area contributed by atoms with Crippen LogP contribution in [-0.2, 0) is 6.54 Å². The third-order valence-electron chi connectivity index (χ3n) is 2.74. The Bertz CT molecular complexity index is 629. The van der Waals surface area contributed by atoms with Crippen LogP contribution in [0, 0.1) is 11.6 Å². The first kappa shape index (κ1) is 16.2. The van der Waals surface area contributed by atoms with E-state index in [-0.39, 0.29) is 10.8 Å². The highest BCUT2D eigenvalue weighted by Gasteiger charge is 2.15. The summed E-state index contributed by atoms with van der Waals surface area (Å²) >= 11 is 9.22. The Balaban J connectivity index is 2.27. The lowest BCUT2D eigenvalue weighted by Crippen LogP contribution is -2.12. The Morgan fingerprint density at radius 2 is 1.86 bits per heavy atom. The van der Waals surface area contributed by atoms with Crippen LogP contribution in [0.5, 0.6) is 11.5 Å². The van der Waals surface area contributed by atoms with Crippen LogP contribution in [-0.4, -0.2) is 6.54 Å². The summed E-state index contributed by atoms with van der Waals surface area (Å²) in [5, 5.41) is 3.27. The highest BCUT2D eigenvalue weighted by atomic mass is 79.9. The van der Waals surface area contributed by atoms with Gasteiger partial charge in [0.25, 0.3) is 0 Å². The molecule has 0 fully saturated rings. The normalized spacial score (nSPS) is 10.7. The van der Waals surface area contributed by atoms with E-state index in [0.29, 0.717) is 12.1 Å². The van der Waals surface area contributed by atoms with Gasteiger partial charge in [-0.15, -0.1) is 0 Å². The molecule has 2 rings (SSSR count). The van der Waals surface area contributed by atoms with E-state index >= 15 is 0 Å². The maximum atomic E-state index is 14.0. The van der Waals surface area contributed by atoms with Gasteiger partial charge in [-0.05, 0) is 42.4 Å². The fourth-order valence-corrected chi connectivity index (χ4v) is 2.46. The summed E-state index contributed by atoms with van der Waals surface area (Å²) in [5.41, 5.74) is 0.515. The molecule has 2 nitrogen and oxygen atoms in total. The average molecular weight is 377 g/mol. The predicted molar refractivity (Wildman–Crippen MR) is 83.0 cm³/mol. The van der Waals surface area contributed by atoms with Crippen LogP contribution < -0.4 is 10.1 Å². The van der Waals surface area contributed by atoms with Gasteiger partial charge in [-0.1, -0.05) is 34.5 Å². The molecule has 1 N–H and O–H groups in total. The number of ether oxygens (including phenoxy) is 1. The SMILES string of the molecule is CCNCc1cc(F)c(Oc2ccc(Br)cc2Cl)c(F)c1. The van der Waals surface area contributed by atoms with Crippen LogP contribution >= 0.6 is 27.5 Å². The molecule has 0 atom stereocenters. The van der Waals surface area contributed by atoms with E-state index < -0.39 is 17.4 Å². The molecule has 112 valence electrons. The van der Waals surface area contributed by atoms with Crippen molar-refractivity contribution in [3.63, 3.8) is 0 Å². The fraction of sp³-hybridized carbons (Fsp3) is 0.200. The van der Waals surface area contributed by atoms with Gasteiger partial charge < -0.3 is 10.1 Å². The van der Waals surface area contributed by atoms with Crippen molar-refractivity contribution in [3.05, 3.63) is 57.0 Å². The van der Waals surface area contributed by atoms with Crippen molar-refractivity contribution in [3.8, 4) is 11.5 Å². The van der Waals surface area contributed by atoms with E-state index in [1.54, 1.807) is 12.1 Å². The summed E-state index contributed by atoms with van der Waals surface area (Å²) in [6, 6.07) is 7.29. The van der Waals surface area contributed by atoms with E-state index in [1.165, 1.54) is 18.2 Å². The van der Waals surface area contributed by atoms with Crippen LogP contribution in [0.4, 0.5) is 8.78 Å². The number of hydrogen-bond donors (Lipinski definition) is 1. The lowest BCUT2D eigenvalue weighted by atomic mass is 10.2. The van der Waals surface area contributed by atoms with Crippen LogP contribution in [0.25, 0.3) is 0 Å². The van der Waals surface area contributed by atoms with Gasteiger partial charge in [-0.25, -0.2) is 8.78 Å². The lowest BCUT2D eigenvalue weighted by Gasteiger charge is -2.11. The molecule has 0 aliphatic rings. The minimum Gasteiger partial charge on any atom is -0.450 e. The standard InChI is InChI=1S/C15H13BrClF2NO/c1-2-20-8-9-5-12(18)15(13(19)6-9)21-14-4-3-10(16)7-11(14)17/h3-7,20H,2,8H2,1H3. The molecule has 21 heavy (non-hydrogen) atoms. The van der Waals surface area contributed by atoms with Gasteiger partial charge in [-0.2, -0.15) is 0 Å². The Kier molecular flexibility index (Phi) is 5.56. The number of rotatable bonds is 5. The van der Waals surface area contributed by atoms with E-state index in [0.717, 1.165) is 11.0 Å². The van der Waals surface area contributed by atoms with Crippen molar-refractivity contribution in [2.24, 2.45) is 0 Å². The zero-order valence-corrected chi connectivity index (χ0v) is 13.6. The lowest BCUT2D eigenvalue weighted by molar-refractivity contribution is 0.406. The van der Waals surface area contributed by atoms with Crippen molar-refractivity contribution in [2.45, 2.75) is 13.5 Å². The molecule has 0 aliphatic heterocycles. The molecule has 0 saturated carbocycles. The Labute approximate surface area is 135 Å². The van der Waals surface area contributed by atoms with E-state index in [4.69, 9.17) is 16.3 Å². The summed E-state index contributed by atoms with van der Waals surface area (Å²) in [4.78, 5) is 0. The van der Waals surface area contributed by atoms with Gasteiger partial charge in [0.05, 0.1) is 5.02 Å². The largest absolute Gasteiger partial charge is 0.450 e. The Hall–Kier alpha value is -1.17. The van der Waals surface area contributed by atoms with Gasteiger partial charge in [0.2, 0.25) is 0 Å². The minimum atomic E-state index is -0.762. The molecule has 2 aromatic rings. The second kappa shape index (κ2) is 7.20. The summed E-state index contributed by atoms with van der Waals surface area (Å²) in [5.74, 6) is -1.79. The maximum absolute atomic E-state index is 14.0. The van der Waals surface area contributed by atoms with E-state index in [9.17, 15) is 8.78 Å². The highest BCUT2D eigenvalue weighted by molar-refractivity contribution is 9.10. The number of nitrogens with one attached hydrogen (secondary N) is 1. The first-order valence-corrected chi connectivity index (χ1v) is 7.50. The molecule has 0 heterocycles. The first-order chi connectivity index (χ1) is 10.0. The van der Waals surface area contributed by atoms with Crippen molar-refractivity contribution >= 4 is 27.5 Å². The molecule has 0 saturated heterocycles. The van der Waals surface area contributed by atoms with Gasteiger partial charge >= 0.3 is 0 Å². The molecule has 0 unspecified atom stereocenters. The first-order valence-electron chi connectivity index (χ1n) is 6.32. The molecule has 2 aromatic carbocycles. The summed E-state index contributed by atoms with van der Waals surface area (Å²) < 4.78 is 34.0. The average Bonchev–Trinajstić information content (AvgIpc) is 2.42. The molecule has 6 heteroatoms. The fourth-order valence-electron chi connectivity index (χ4n) is 1.75. The van der Waals surface area contributed by atoms with Crippen molar-refractivity contribution in [1.29, 1.82) is 0 Å². The number of benzene rings is 2. The van der Waals surface area contributed by atoms with Crippen LogP contribution in [0.15, 0.2) is 34.8 Å². The van der Waals surface area contributed by atoms with Gasteiger partial charge in [0.15, 0.2) is 17.4 Å². The van der Waals surface area contributed by atoms with Crippen molar-refractivity contribution in [1.82, 2.24) is 5.32 Å². The van der Waals surface area contributed by atoms with Gasteiger partial charge in [0, 0.05) is 11.0 Å². The third kappa shape index (κ3) is 4.15. The Morgan fingerprint density at radius 1 is 1.19 bits per heavy atom. The van der Waals surface area contributed by atoms with E-state index in [1.807, 2.05) is 6.92 Å².